The van der Waals surface area contributed by atoms with Gasteiger partial charge in [0.15, 0.2) is 0 Å². The molecule has 72 valence electrons. The molecule has 1 aromatic heterocycles. The number of hydrogen-bond acceptors (Lipinski definition) is 2. The van der Waals surface area contributed by atoms with Gasteiger partial charge in [-0.05, 0) is 11.5 Å². The molecule has 1 heterocycles. The third-order valence-corrected chi connectivity index (χ3v) is 2.31. The fraction of sp³-hybridized carbons (Fsp3) is 0.182. The van der Waals surface area contributed by atoms with E-state index >= 15 is 0 Å². The first-order chi connectivity index (χ1) is 6.68. The van der Waals surface area contributed by atoms with E-state index in [0.717, 1.165) is 16.6 Å². The van der Waals surface area contributed by atoms with Crippen molar-refractivity contribution in [3.8, 4) is 0 Å². The van der Waals surface area contributed by atoms with Gasteiger partial charge in [-0.2, -0.15) is 0 Å². The molecule has 14 heavy (non-hydrogen) atoms. The van der Waals surface area contributed by atoms with Crippen LogP contribution in [0, 0.1) is 0 Å². The molecule has 0 aliphatic carbocycles. The summed E-state index contributed by atoms with van der Waals surface area (Å²) in [7, 11) is 3.93. The highest BCUT2D eigenvalue weighted by atomic mass is 35.5. The zero-order valence-corrected chi connectivity index (χ0v) is 8.92. The Bertz CT molecular complexity index is 466. The molecule has 2 aromatic rings. The van der Waals surface area contributed by atoms with Crippen molar-refractivity contribution < 1.29 is 0 Å². The Kier molecular flexibility index (Phi) is 2.30. The van der Waals surface area contributed by atoms with Crippen LogP contribution in [0.3, 0.4) is 0 Å². The van der Waals surface area contributed by atoms with E-state index in [1.165, 1.54) is 0 Å². The highest BCUT2D eigenvalue weighted by Gasteiger charge is 2.05. The van der Waals surface area contributed by atoms with Crippen molar-refractivity contribution >= 4 is 28.2 Å². The lowest BCUT2D eigenvalue weighted by molar-refractivity contribution is 1.08. The molecule has 2 rings (SSSR count). The second kappa shape index (κ2) is 3.46. The molecule has 0 atom stereocenters. The number of nitrogens with zero attached hydrogens (tertiary/aromatic N) is 2. The molecular formula is C11H11ClN2. The van der Waals surface area contributed by atoms with Gasteiger partial charge in [0.25, 0.3) is 0 Å². The first-order valence-corrected chi connectivity index (χ1v) is 4.79. The normalized spacial score (nSPS) is 10.5. The van der Waals surface area contributed by atoms with E-state index in [2.05, 4.69) is 4.98 Å². The maximum atomic E-state index is 5.93. The fourth-order valence-electron chi connectivity index (χ4n) is 1.49. The minimum absolute atomic E-state index is 0.535. The lowest BCUT2D eigenvalue weighted by Crippen LogP contribution is -2.11. The molecule has 0 amide bonds. The number of pyridine rings is 1. The SMILES string of the molecule is CN(C)c1nc(Cl)cc2ccccc12. The summed E-state index contributed by atoms with van der Waals surface area (Å²) in [4.78, 5) is 6.26. The van der Waals surface area contributed by atoms with Crippen LogP contribution in [0.5, 0.6) is 0 Å². The van der Waals surface area contributed by atoms with E-state index in [1.54, 1.807) is 0 Å². The monoisotopic (exact) mass is 206 g/mol. The maximum Gasteiger partial charge on any atom is 0.137 e. The highest BCUT2D eigenvalue weighted by molar-refractivity contribution is 6.30. The van der Waals surface area contributed by atoms with Crippen LogP contribution < -0.4 is 4.90 Å². The minimum Gasteiger partial charge on any atom is -0.362 e. The molecule has 0 N–H and O–H groups in total. The smallest absolute Gasteiger partial charge is 0.137 e. The zero-order valence-electron chi connectivity index (χ0n) is 8.16. The molecule has 0 bridgehead atoms. The van der Waals surface area contributed by atoms with E-state index in [0.29, 0.717) is 5.15 Å². The number of benzene rings is 1. The van der Waals surface area contributed by atoms with Gasteiger partial charge in [0.2, 0.25) is 0 Å². The van der Waals surface area contributed by atoms with Gasteiger partial charge in [0.05, 0.1) is 0 Å². The van der Waals surface area contributed by atoms with Crippen LogP contribution in [0.25, 0.3) is 10.8 Å². The minimum atomic E-state index is 0.535. The molecule has 1 aromatic carbocycles. The van der Waals surface area contributed by atoms with Gasteiger partial charge >= 0.3 is 0 Å². The Morgan fingerprint density at radius 2 is 1.93 bits per heavy atom. The standard InChI is InChI=1S/C11H11ClN2/c1-14(2)11-9-6-4-3-5-8(9)7-10(12)13-11/h3-7H,1-2H3. The molecule has 0 radical (unpaired) electrons. The summed E-state index contributed by atoms with van der Waals surface area (Å²) in [5.41, 5.74) is 0. The lowest BCUT2D eigenvalue weighted by atomic mass is 10.1. The molecule has 0 saturated heterocycles. The molecule has 0 unspecified atom stereocenters. The predicted molar refractivity (Wildman–Crippen MR) is 61.1 cm³/mol. The first kappa shape index (κ1) is 9.28. The third kappa shape index (κ3) is 1.53. The Labute approximate surface area is 88.1 Å². The van der Waals surface area contributed by atoms with E-state index in [1.807, 2.05) is 49.3 Å². The quantitative estimate of drug-likeness (QED) is 0.667. The number of halogens is 1. The van der Waals surface area contributed by atoms with Gasteiger partial charge in [0.1, 0.15) is 11.0 Å². The second-order valence-corrected chi connectivity index (χ2v) is 3.77. The van der Waals surface area contributed by atoms with Crippen molar-refractivity contribution in [3.05, 3.63) is 35.5 Å². The highest BCUT2D eigenvalue weighted by Crippen LogP contribution is 2.25. The Morgan fingerprint density at radius 3 is 2.64 bits per heavy atom. The average molecular weight is 207 g/mol. The lowest BCUT2D eigenvalue weighted by Gasteiger charge is -2.14. The summed E-state index contributed by atoms with van der Waals surface area (Å²) in [6.45, 7) is 0. The van der Waals surface area contributed by atoms with Gasteiger partial charge in [-0.3, -0.25) is 0 Å². The largest absolute Gasteiger partial charge is 0.362 e. The van der Waals surface area contributed by atoms with Gasteiger partial charge in [0, 0.05) is 19.5 Å². The summed E-state index contributed by atoms with van der Waals surface area (Å²) in [6, 6.07) is 9.97. The van der Waals surface area contributed by atoms with E-state index < -0.39 is 0 Å². The van der Waals surface area contributed by atoms with Crippen molar-refractivity contribution in [3.63, 3.8) is 0 Å². The molecule has 0 saturated carbocycles. The van der Waals surface area contributed by atoms with Crippen LogP contribution in [0.4, 0.5) is 5.82 Å². The van der Waals surface area contributed by atoms with Crippen molar-refractivity contribution in [1.29, 1.82) is 0 Å². The molecule has 0 fully saturated rings. The van der Waals surface area contributed by atoms with Gasteiger partial charge in [-0.1, -0.05) is 35.9 Å². The summed E-state index contributed by atoms with van der Waals surface area (Å²) in [5.74, 6) is 0.910. The van der Waals surface area contributed by atoms with E-state index in [9.17, 15) is 0 Å². The van der Waals surface area contributed by atoms with Crippen molar-refractivity contribution in [1.82, 2.24) is 4.98 Å². The molecular weight excluding hydrogens is 196 g/mol. The Balaban J connectivity index is 2.80. The molecule has 0 aliphatic rings. The van der Waals surface area contributed by atoms with E-state index in [-0.39, 0.29) is 0 Å². The van der Waals surface area contributed by atoms with Crippen LogP contribution in [0.15, 0.2) is 30.3 Å². The molecule has 3 heteroatoms. The number of hydrogen-bond donors (Lipinski definition) is 0. The van der Waals surface area contributed by atoms with Crippen molar-refractivity contribution in [2.45, 2.75) is 0 Å². The third-order valence-electron chi connectivity index (χ3n) is 2.11. The number of rotatable bonds is 1. The van der Waals surface area contributed by atoms with Crippen LogP contribution in [-0.2, 0) is 0 Å². The topological polar surface area (TPSA) is 16.1 Å². The van der Waals surface area contributed by atoms with Crippen LogP contribution >= 0.6 is 11.6 Å². The van der Waals surface area contributed by atoms with E-state index in [4.69, 9.17) is 11.6 Å². The molecule has 2 nitrogen and oxygen atoms in total. The summed E-state index contributed by atoms with van der Waals surface area (Å²) >= 11 is 5.93. The summed E-state index contributed by atoms with van der Waals surface area (Å²) < 4.78 is 0. The number of aromatic nitrogens is 1. The van der Waals surface area contributed by atoms with Crippen LogP contribution in [0.2, 0.25) is 5.15 Å². The van der Waals surface area contributed by atoms with Crippen molar-refractivity contribution in [2.75, 3.05) is 19.0 Å². The second-order valence-electron chi connectivity index (χ2n) is 3.38. The Morgan fingerprint density at radius 1 is 1.21 bits per heavy atom. The maximum absolute atomic E-state index is 5.93. The predicted octanol–water partition coefficient (Wildman–Crippen LogP) is 2.95. The number of anilines is 1. The Hall–Kier alpha value is -1.28. The fourth-order valence-corrected chi connectivity index (χ4v) is 1.69. The van der Waals surface area contributed by atoms with Gasteiger partial charge in [-0.25, -0.2) is 4.98 Å². The molecule has 0 spiro atoms. The summed E-state index contributed by atoms with van der Waals surface area (Å²) in [6.07, 6.45) is 0. The van der Waals surface area contributed by atoms with Gasteiger partial charge in [-0.15, -0.1) is 0 Å². The summed E-state index contributed by atoms with van der Waals surface area (Å²) in [5, 5.41) is 2.78. The number of fused-ring (bicyclic) bond motifs is 1. The molecule has 0 aliphatic heterocycles. The zero-order chi connectivity index (χ0) is 10.1. The van der Waals surface area contributed by atoms with Crippen LogP contribution in [-0.4, -0.2) is 19.1 Å². The van der Waals surface area contributed by atoms with Gasteiger partial charge < -0.3 is 4.90 Å². The van der Waals surface area contributed by atoms with Crippen molar-refractivity contribution in [2.24, 2.45) is 0 Å². The average Bonchev–Trinajstić information content (AvgIpc) is 2.16. The first-order valence-electron chi connectivity index (χ1n) is 4.41. The van der Waals surface area contributed by atoms with Crippen LogP contribution in [0.1, 0.15) is 0 Å².